The third-order valence-corrected chi connectivity index (χ3v) is 4.43. The second-order valence-corrected chi connectivity index (χ2v) is 6.80. The van der Waals surface area contributed by atoms with Gasteiger partial charge in [-0.25, -0.2) is 4.99 Å². The zero-order chi connectivity index (χ0) is 18.9. The molecule has 0 amide bonds. The van der Waals surface area contributed by atoms with Crippen molar-refractivity contribution in [1.29, 1.82) is 0 Å². The van der Waals surface area contributed by atoms with Crippen LogP contribution in [-0.2, 0) is 13.1 Å². The highest BCUT2D eigenvalue weighted by molar-refractivity contribution is 7.11. The quantitative estimate of drug-likeness (QED) is 0.536. The van der Waals surface area contributed by atoms with Crippen molar-refractivity contribution in [1.82, 2.24) is 10.6 Å². The molecule has 0 atom stereocenters. The van der Waals surface area contributed by atoms with Gasteiger partial charge in [0.25, 0.3) is 0 Å². The highest BCUT2D eigenvalue weighted by Crippen LogP contribution is 2.29. The molecule has 2 rings (SSSR count). The van der Waals surface area contributed by atoms with Crippen LogP contribution in [0, 0.1) is 6.92 Å². The summed E-state index contributed by atoms with van der Waals surface area (Å²) in [6, 6.07) is 9.03. The number of aliphatic imine (C=N–C) groups is 1. The largest absolute Gasteiger partial charge is 0.493 e. The molecule has 2 N–H and O–H groups in total. The smallest absolute Gasteiger partial charge is 0.387 e. The lowest BCUT2D eigenvalue weighted by Gasteiger charge is -2.12. The summed E-state index contributed by atoms with van der Waals surface area (Å²) < 4.78 is 34.6. The molecule has 0 radical (unpaired) electrons. The summed E-state index contributed by atoms with van der Waals surface area (Å²) in [6.07, 6.45) is 0. The Hall–Kier alpha value is -2.35. The van der Waals surface area contributed by atoms with Crippen LogP contribution in [0.25, 0.3) is 0 Å². The normalized spacial score (nSPS) is 11.5. The van der Waals surface area contributed by atoms with Crippen molar-refractivity contribution in [3.8, 4) is 11.5 Å². The van der Waals surface area contributed by atoms with E-state index >= 15 is 0 Å². The van der Waals surface area contributed by atoms with E-state index in [1.165, 1.54) is 22.9 Å². The minimum atomic E-state index is -2.91. The van der Waals surface area contributed by atoms with E-state index in [-0.39, 0.29) is 11.5 Å². The molecule has 26 heavy (non-hydrogen) atoms. The molecule has 1 aromatic carbocycles. The van der Waals surface area contributed by atoms with Crippen LogP contribution < -0.4 is 20.1 Å². The van der Waals surface area contributed by atoms with Gasteiger partial charge < -0.3 is 20.1 Å². The number of hydrogen-bond donors (Lipinski definition) is 2. The number of methoxy groups -OCH3 is 1. The Kier molecular flexibility index (Phi) is 7.65. The third-order valence-electron chi connectivity index (χ3n) is 3.43. The standard InChI is InChI=1S/C18H23F2N3O2S/c1-4-21-18(23-11-14-7-5-12(2)26-14)22-10-13-6-8-15(24-3)16(9-13)25-17(19)20/h5-9,17H,4,10-11H2,1-3H3,(H2,21,22,23). The summed E-state index contributed by atoms with van der Waals surface area (Å²) in [5.74, 6) is 0.920. The Balaban J connectivity index is 2.05. The first kappa shape index (κ1) is 20.0. The number of benzene rings is 1. The van der Waals surface area contributed by atoms with Gasteiger partial charge in [0.05, 0.1) is 20.2 Å². The van der Waals surface area contributed by atoms with E-state index in [4.69, 9.17) is 4.74 Å². The van der Waals surface area contributed by atoms with E-state index in [2.05, 4.69) is 39.4 Å². The van der Waals surface area contributed by atoms with Gasteiger partial charge in [0.1, 0.15) is 0 Å². The van der Waals surface area contributed by atoms with E-state index in [0.717, 1.165) is 12.1 Å². The summed E-state index contributed by atoms with van der Waals surface area (Å²) in [7, 11) is 1.41. The first-order valence-electron chi connectivity index (χ1n) is 8.21. The molecule has 1 aromatic heterocycles. The van der Waals surface area contributed by atoms with Crippen molar-refractivity contribution in [2.45, 2.75) is 33.5 Å². The fourth-order valence-corrected chi connectivity index (χ4v) is 3.10. The lowest BCUT2D eigenvalue weighted by atomic mass is 10.2. The van der Waals surface area contributed by atoms with Crippen LogP contribution in [0.15, 0.2) is 35.3 Å². The molecule has 5 nitrogen and oxygen atoms in total. The van der Waals surface area contributed by atoms with Crippen LogP contribution in [0.4, 0.5) is 8.78 Å². The number of aryl methyl sites for hydroxylation is 1. The van der Waals surface area contributed by atoms with Crippen LogP contribution in [0.5, 0.6) is 11.5 Å². The zero-order valence-corrected chi connectivity index (χ0v) is 15.8. The summed E-state index contributed by atoms with van der Waals surface area (Å²) >= 11 is 1.73. The highest BCUT2D eigenvalue weighted by atomic mass is 32.1. The number of halogens is 2. The lowest BCUT2D eigenvalue weighted by Crippen LogP contribution is -2.36. The lowest BCUT2D eigenvalue weighted by molar-refractivity contribution is -0.0512. The van der Waals surface area contributed by atoms with Gasteiger partial charge in [-0.15, -0.1) is 11.3 Å². The molecular formula is C18H23F2N3O2S. The van der Waals surface area contributed by atoms with Crippen molar-refractivity contribution in [2.24, 2.45) is 4.99 Å². The maximum atomic E-state index is 12.5. The summed E-state index contributed by atoms with van der Waals surface area (Å²) in [5, 5.41) is 6.43. The summed E-state index contributed by atoms with van der Waals surface area (Å²) in [4.78, 5) is 6.97. The van der Waals surface area contributed by atoms with Gasteiger partial charge in [-0.1, -0.05) is 6.07 Å². The number of hydrogen-bond acceptors (Lipinski definition) is 4. The van der Waals surface area contributed by atoms with Crippen LogP contribution >= 0.6 is 11.3 Å². The number of ether oxygens (including phenoxy) is 2. The minimum absolute atomic E-state index is 0.00206. The maximum absolute atomic E-state index is 12.5. The van der Waals surface area contributed by atoms with E-state index < -0.39 is 6.61 Å². The number of guanidine groups is 1. The molecule has 0 spiro atoms. The Morgan fingerprint density at radius 2 is 2.00 bits per heavy atom. The molecule has 0 fully saturated rings. The molecule has 0 aliphatic rings. The van der Waals surface area contributed by atoms with Crippen LogP contribution in [0.3, 0.4) is 0 Å². The first-order chi connectivity index (χ1) is 12.5. The van der Waals surface area contributed by atoms with Crippen molar-refractivity contribution >= 4 is 17.3 Å². The summed E-state index contributed by atoms with van der Waals surface area (Å²) in [5.41, 5.74) is 0.741. The molecule has 142 valence electrons. The summed E-state index contributed by atoms with van der Waals surface area (Å²) in [6.45, 7) is 2.85. The third kappa shape index (κ3) is 6.18. The number of nitrogens with zero attached hydrogens (tertiary/aromatic N) is 1. The van der Waals surface area contributed by atoms with E-state index in [0.29, 0.717) is 19.0 Å². The predicted molar refractivity (Wildman–Crippen MR) is 100 cm³/mol. The average Bonchev–Trinajstić information content (AvgIpc) is 3.02. The SMILES string of the molecule is CCNC(=NCc1ccc(OC)c(OC(F)F)c1)NCc1ccc(C)s1. The number of thiophene rings is 1. The van der Waals surface area contributed by atoms with E-state index in [1.54, 1.807) is 23.5 Å². The molecule has 8 heteroatoms. The topological polar surface area (TPSA) is 54.9 Å². The molecular weight excluding hydrogens is 360 g/mol. The Bertz CT molecular complexity index is 735. The van der Waals surface area contributed by atoms with Gasteiger partial charge in [0.2, 0.25) is 0 Å². The number of nitrogens with one attached hydrogen (secondary N) is 2. The van der Waals surface area contributed by atoms with Gasteiger partial charge in [0, 0.05) is 16.3 Å². The predicted octanol–water partition coefficient (Wildman–Crippen LogP) is 3.92. The van der Waals surface area contributed by atoms with E-state index in [1.807, 2.05) is 6.92 Å². The number of alkyl halides is 2. The van der Waals surface area contributed by atoms with Crippen molar-refractivity contribution < 1.29 is 18.3 Å². The van der Waals surface area contributed by atoms with Crippen molar-refractivity contribution in [3.05, 3.63) is 45.6 Å². The molecule has 0 unspecified atom stereocenters. The zero-order valence-electron chi connectivity index (χ0n) is 15.0. The molecule has 2 aromatic rings. The Labute approximate surface area is 156 Å². The first-order valence-corrected chi connectivity index (χ1v) is 9.02. The van der Waals surface area contributed by atoms with E-state index in [9.17, 15) is 8.78 Å². The van der Waals surface area contributed by atoms with Crippen LogP contribution in [-0.4, -0.2) is 26.2 Å². The number of rotatable bonds is 8. The average molecular weight is 383 g/mol. The van der Waals surface area contributed by atoms with Crippen LogP contribution in [0.2, 0.25) is 0 Å². The van der Waals surface area contributed by atoms with Gasteiger partial charge >= 0.3 is 6.61 Å². The van der Waals surface area contributed by atoms with Gasteiger partial charge in [-0.2, -0.15) is 8.78 Å². The van der Waals surface area contributed by atoms with Gasteiger partial charge in [0.15, 0.2) is 17.5 Å². The molecule has 0 saturated heterocycles. The van der Waals surface area contributed by atoms with Crippen molar-refractivity contribution in [3.63, 3.8) is 0 Å². The van der Waals surface area contributed by atoms with Gasteiger partial charge in [-0.05, 0) is 43.7 Å². The second-order valence-electron chi connectivity index (χ2n) is 5.42. The molecule has 0 saturated carbocycles. The van der Waals surface area contributed by atoms with Gasteiger partial charge in [-0.3, -0.25) is 0 Å². The monoisotopic (exact) mass is 383 g/mol. The molecule has 0 aliphatic carbocycles. The fraction of sp³-hybridized carbons (Fsp3) is 0.389. The molecule has 0 aliphatic heterocycles. The Morgan fingerprint density at radius 1 is 1.19 bits per heavy atom. The molecule has 0 bridgehead atoms. The van der Waals surface area contributed by atoms with Crippen molar-refractivity contribution in [2.75, 3.05) is 13.7 Å². The maximum Gasteiger partial charge on any atom is 0.387 e. The second kappa shape index (κ2) is 9.96. The van der Waals surface area contributed by atoms with Crippen LogP contribution in [0.1, 0.15) is 22.2 Å². The highest BCUT2D eigenvalue weighted by Gasteiger charge is 2.11. The molecule has 1 heterocycles. The fourth-order valence-electron chi connectivity index (χ4n) is 2.27. The Morgan fingerprint density at radius 3 is 2.62 bits per heavy atom. The minimum Gasteiger partial charge on any atom is -0.493 e.